The molecule has 0 bridgehead atoms. The van der Waals surface area contributed by atoms with Gasteiger partial charge < -0.3 is 9.47 Å². The molecular formula is C11H13ClO3. The Kier molecular flexibility index (Phi) is 4.12. The molecule has 0 aromatic heterocycles. The third-order valence-corrected chi connectivity index (χ3v) is 2.39. The lowest BCUT2D eigenvalue weighted by Gasteiger charge is -2.27. The minimum Gasteiger partial charge on any atom is -0.497 e. The monoisotopic (exact) mass is 228 g/mol. The number of rotatable bonds is 4. The molecule has 0 amide bonds. The van der Waals surface area contributed by atoms with Gasteiger partial charge in [-0.2, -0.15) is 0 Å². The van der Waals surface area contributed by atoms with Gasteiger partial charge in [0.25, 0.3) is 0 Å². The molecule has 1 unspecified atom stereocenters. The van der Waals surface area contributed by atoms with Crippen LogP contribution in [-0.4, -0.2) is 25.1 Å². The summed E-state index contributed by atoms with van der Waals surface area (Å²) in [5.74, 6) is 0.785. The van der Waals surface area contributed by atoms with Gasteiger partial charge in [-0.25, -0.2) is 0 Å². The third-order valence-electron chi connectivity index (χ3n) is 2.26. The molecule has 1 aliphatic rings. The van der Waals surface area contributed by atoms with Crippen molar-refractivity contribution in [1.82, 2.24) is 0 Å². The first-order valence-corrected chi connectivity index (χ1v) is 4.87. The zero-order valence-corrected chi connectivity index (χ0v) is 9.45. The highest BCUT2D eigenvalue weighted by molar-refractivity contribution is 6.66. The zero-order valence-electron chi connectivity index (χ0n) is 8.70. The Balaban J connectivity index is 2.79. The molecule has 3 nitrogen and oxygen atoms in total. The second-order valence-corrected chi connectivity index (χ2v) is 3.52. The molecule has 0 spiro atoms. The Bertz CT molecular complexity index is 331. The number of hydrogen-bond acceptors (Lipinski definition) is 3. The summed E-state index contributed by atoms with van der Waals surface area (Å²) in [4.78, 5) is 10.6. The molecule has 82 valence electrons. The minimum absolute atomic E-state index is 0.513. The van der Waals surface area contributed by atoms with Crippen molar-refractivity contribution >= 4 is 16.8 Å². The van der Waals surface area contributed by atoms with Gasteiger partial charge >= 0.3 is 0 Å². The van der Waals surface area contributed by atoms with E-state index in [1.54, 1.807) is 26.4 Å². The molecule has 0 aromatic rings. The average Bonchev–Trinajstić information content (AvgIpc) is 2.27. The van der Waals surface area contributed by atoms with E-state index in [-0.39, 0.29) is 0 Å². The van der Waals surface area contributed by atoms with Crippen LogP contribution >= 0.6 is 11.6 Å². The molecule has 1 rings (SSSR count). The molecule has 0 radical (unpaired) electrons. The van der Waals surface area contributed by atoms with E-state index in [4.69, 9.17) is 21.1 Å². The number of allylic oxidation sites excluding steroid dienone is 2. The van der Waals surface area contributed by atoms with Crippen molar-refractivity contribution in [2.45, 2.75) is 12.0 Å². The van der Waals surface area contributed by atoms with Crippen LogP contribution < -0.4 is 0 Å². The first-order chi connectivity index (χ1) is 7.12. The van der Waals surface area contributed by atoms with Crippen LogP contribution in [0.2, 0.25) is 0 Å². The standard InChI is InChI=1S/C11H13ClO3/c1-14-9-3-6-11(15-2,7-4-9)8-5-10(12)13/h3-6,8H,7H2,1-2H3/b8-5+. The van der Waals surface area contributed by atoms with Gasteiger partial charge in [0.1, 0.15) is 11.4 Å². The highest BCUT2D eigenvalue weighted by atomic mass is 35.5. The van der Waals surface area contributed by atoms with Gasteiger partial charge in [-0.15, -0.1) is 0 Å². The fourth-order valence-corrected chi connectivity index (χ4v) is 1.38. The number of carbonyl (C=O) groups is 1. The van der Waals surface area contributed by atoms with Gasteiger partial charge in [0.05, 0.1) is 7.11 Å². The largest absolute Gasteiger partial charge is 0.497 e. The van der Waals surface area contributed by atoms with E-state index in [1.165, 1.54) is 6.08 Å². The predicted octanol–water partition coefficient (Wildman–Crippen LogP) is 2.18. The maximum atomic E-state index is 10.6. The number of hydrogen-bond donors (Lipinski definition) is 0. The van der Waals surface area contributed by atoms with Gasteiger partial charge in [0.2, 0.25) is 5.24 Å². The fraction of sp³-hybridized carbons (Fsp3) is 0.364. The maximum Gasteiger partial charge on any atom is 0.244 e. The molecule has 0 saturated heterocycles. The van der Waals surface area contributed by atoms with Gasteiger partial charge in [-0.05, 0) is 42.0 Å². The number of methoxy groups -OCH3 is 2. The van der Waals surface area contributed by atoms with Gasteiger partial charge in [0.15, 0.2) is 0 Å². The molecule has 0 heterocycles. The summed E-state index contributed by atoms with van der Waals surface area (Å²) in [6.07, 6.45) is 9.08. The molecule has 0 aliphatic heterocycles. The topological polar surface area (TPSA) is 35.5 Å². The first-order valence-electron chi connectivity index (χ1n) is 4.49. The molecule has 4 heteroatoms. The van der Waals surface area contributed by atoms with Crippen LogP contribution in [-0.2, 0) is 14.3 Å². The van der Waals surface area contributed by atoms with E-state index >= 15 is 0 Å². The summed E-state index contributed by atoms with van der Waals surface area (Å²) < 4.78 is 10.4. The van der Waals surface area contributed by atoms with Crippen molar-refractivity contribution in [3.05, 3.63) is 36.1 Å². The summed E-state index contributed by atoms with van der Waals surface area (Å²) in [5, 5.41) is -0.513. The van der Waals surface area contributed by atoms with Gasteiger partial charge in [0, 0.05) is 13.5 Å². The highest BCUT2D eigenvalue weighted by Crippen LogP contribution is 2.26. The van der Waals surface area contributed by atoms with Crippen molar-refractivity contribution < 1.29 is 14.3 Å². The Hall–Kier alpha value is -1.06. The Morgan fingerprint density at radius 3 is 2.73 bits per heavy atom. The Labute approximate surface area is 94.0 Å². The molecule has 15 heavy (non-hydrogen) atoms. The Morgan fingerprint density at radius 1 is 1.60 bits per heavy atom. The maximum absolute atomic E-state index is 10.6. The summed E-state index contributed by atoms with van der Waals surface area (Å²) in [7, 11) is 3.19. The summed E-state index contributed by atoms with van der Waals surface area (Å²) >= 11 is 5.23. The van der Waals surface area contributed by atoms with Crippen LogP contribution in [0.5, 0.6) is 0 Å². The first kappa shape index (κ1) is 12.0. The summed E-state index contributed by atoms with van der Waals surface area (Å²) in [6, 6.07) is 0. The smallest absolute Gasteiger partial charge is 0.244 e. The number of carbonyl (C=O) groups excluding carboxylic acids is 1. The second-order valence-electron chi connectivity index (χ2n) is 3.14. The number of ether oxygens (including phenoxy) is 2. The molecule has 1 aliphatic carbocycles. The van der Waals surface area contributed by atoms with E-state index in [9.17, 15) is 4.79 Å². The van der Waals surface area contributed by atoms with Crippen molar-refractivity contribution in [1.29, 1.82) is 0 Å². The van der Waals surface area contributed by atoms with Crippen molar-refractivity contribution in [2.75, 3.05) is 14.2 Å². The van der Waals surface area contributed by atoms with Crippen LogP contribution in [0.1, 0.15) is 6.42 Å². The van der Waals surface area contributed by atoms with E-state index in [0.29, 0.717) is 6.42 Å². The van der Waals surface area contributed by atoms with Gasteiger partial charge in [-0.3, -0.25) is 4.79 Å². The molecule has 0 saturated carbocycles. The SMILES string of the molecule is COC1=CCC(/C=C/C(=O)Cl)(OC)C=C1. The molecule has 1 atom stereocenters. The summed E-state index contributed by atoms with van der Waals surface area (Å²) in [6.45, 7) is 0. The molecular weight excluding hydrogens is 216 g/mol. The van der Waals surface area contributed by atoms with Crippen molar-refractivity contribution in [3.8, 4) is 0 Å². The molecule has 0 N–H and O–H groups in total. The lowest BCUT2D eigenvalue weighted by atomic mass is 9.94. The zero-order chi connectivity index (χ0) is 11.3. The quantitative estimate of drug-likeness (QED) is 0.547. The van der Waals surface area contributed by atoms with E-state index in [0.717, 1.165) is 5.76 Å². The van der Waals surface area contributed by atoms with Crippen molar-refractivity contribution in [2.24, 2.45) is 0 Å². The number of halogens is 1. The molecule has 0 fully saturated rings. The third kappa shape index (κ3) is 3.22. The normalized spacial score (nSPS) is 25.4. The van der Waals surface area contributed by atoms with Gasteiger partial charge in [-0.1, -0.05) is 0 Å². The Morgan fingerprint density at radius 2 is 2.33 bits per heavy atom. The lowest BCUT2D eigenvalue weighted by molar-refractivity contribution is -0.107. The van der Waals surface area contributed by atoms with Crippen LogP contribution in [0.15, 0.2) is 36.1 Å². The van der Waals surface area contributed by atoms with Crippen LogP contribution in [0, 0.1) is 0 Å². The lowest BCUT2D eigenvalue weighted by Crippen LogP contribution is -2.27. The van der Waals surface area contributed by atoms with Crippen LogP contribution in [0.3, 0.4) is 0 Å². The van der Waals surface area contributed by atoms with E-state index in [2.05, 4.69) is 0 Å². The highest BCUT2D eigenvalue weighted by Gasteiger charge is 2.25. The van der Waals surface area contributed by atoms with Crippen molar-refractivity contribution in [3.63, 3.8) is 0 Å². The van der Waals surface area contributed by atoms with Crippen LogP contribution in [0.25, 0.3) is 0 Å². The van der Waals surface area contributed by atoms with Crippen LogP contribution in [0.4, 0.5) is 0 Å². The minimum atomic E-state index is -0.591. The average molecular weight is 229 g/mol. The summed E-state index contributed by atoms with van der Waals surface area (Å²) in [5.41, 5.74) is -0.591. The molecule has 0 aromatic carbocycles. The van der Waals surface area contributed by atoms with E-state index in [1.807, 2.05) is 12.2 Å². The predicted molar refractivity (Wildman–Crippen MR) is 58.6 cm³/mol. The fourth-order valence-electron chi connectivity index (χ4n) is 1.32. The van der Waals surface area contributed by atoms with E-state index < -0.39 is 10.8 Å². The second kappa shape index (κ2) is 5.14.